The van der Waals surface area contributed by atoms with E-state index in [1.807, 2.05) is 0 Å². The second-order valence-corrected chi connectivity index (χ2v) is 12.7. The van der Waals surface area contributed by atoms with Gasteiger partial charge in [0.25, 0.3) is 0 Å². The van der Waals surface area contributed by atoms with Crippen LogP contribution in [0.2, 0.25) is 0 Å². The second kappa shape index (κ2) is 8.43. The standard InChI is InChI=1S/C32H36B2O4/c1-29(2)30(3,4)36-33(35-29)27-18-12-16-23-21(15-11-17-26(23)27)24-19-20-28(25-14-10-9-13-22(24)25)34-37-31(5,6)32(7,8)38-34/h9-20H,1-8H3. The predicted molar refractivity (Wildman–Crippen MR) is 158 cm³/mol. The van der Waals surface area contributed by atoms with Crippen molar-refractivity contribution in [2.24, 2.45) is 0 Å². The van der Waals surface area contributed by atoms with E-state index >= 15 is 0 Å². The molecular formula is C32H36B2O4. The molecule has 6 rings (SSSR count). The van der Waals surface area contributed by atoms with Gasteiger partial charge < -0.3 is 18.6 Å². The predicted octanol–water partition coefficient (Wildman–Crippen LogP) is 6.26. The molecule has 0 aliphatic carbocycles. The molecule has 0 unspecified atom stereocenters. The lowest BCUT2D eigenvalue weighted by atomic mass is 9.74. The summed E-state index contributed by atoms with van der Waals surface area (Å²) in [5.41, 5.74) is 2.90. The molecule has 0 aromatic heterocycles. The van der Waals surface area contributed by atoms with Gasteiger partial charge in [0.05, 0.1) is 22.4 Å². The lowest BCUT2D eigenvalue weighted by Crippen LogP contribution is -2.41. The lowest BCUT2D eigenvalue weighted by Gasteiger charge is -2.32. The Bertz CT molecular complexity index is 1450. The van der Waals surface area contributed by atoms with Crippen LogP contribution in [0.15, 0.2) is 72.8 Å². The summed E-state index contributed by atoms with van der Waals surface area (Å²) in [4.78, 5) is 0. The largest absolute Gasteiger partial charge is 0.495 e. The van der Waals surface area contributed by atoms with Gasteiger partial charge in [-0.05, 0) is 99.0 Å². The van der Waals surface area contributed by atoms with Crippen LogP contribution >= 0.6 is 0 Å². The monoisotopic (exact) mass is 506 g/mol. The van der Waals surface area contributed by atoms with Gasteiger partial charge in [0, 0.05) is 0 Å². The van der Waals surface area contributed by atoms with Crippen molar-refractivity contribution in [2.75, 3.05) is 0 Å². The molecule has 2 heterocycles. The highest BCUT2D eigenvalue weighted by Gasteiger charge is 2.53. The highest BCUT2D eigenvalue weighted by Crippen LogP contribution is 2.40. The average Bonchev–Trinajstić information content (AvgIpc) is 3.21. The topological polar surface area (TPSA) is 36.9 Å². The Morgan fingerprint density at radius 2 is 0.763 bits per heavy atom. The number of benzene rings is 4. The molecule has 2 aliphatic heterocycles. The van der Waals surface area contributed by atoms with Crippen LogP contribution in [0.5, 0.6) is 0 Å². The van der Waals surface area contributed by atoms with E-state index in [1.54, 1.807) is 0 Å². The van der Waals surface area contributed by atoms with Crippen molar-refractivity contribution in [3.05, 3.63) is 72.8 Å². The van der Waals surface area contributed by atoms with Gasteiger partial charge in [0.2, 0.25) is 0 Å². The molecule has 2 aliphatic rings. The molecule has 4 aromatic rings. The zero-order valence-electron chi connectivity index (χ0n) is 23.7. The van der Waals surface area contributed by atoms with E-state index in [4.69, 9.17) is 18.6 Å². The van der Waals surface area contributed by atoms with E-state index in [2.05, 4.69) is 128 Å². The summed E-state index contributed by atoms with van der Waals surface area (Å²) >= 11 is 0. The summed E-state index contributed by atoms with van der Waals surface area (Å²) in [6.45, 7) is 16.8. The van der Waals surface area contributed by atoms with Gasteiger partial charge in [-0.1, -0.05) is 72.8 Å². The molecule has 194 valence electrons. The molecular weight excluding hydrogens is 470 g/mol. The van der Waals surface area contributed by atoms with Crippen LogP contribution in [0, 0.1) is 0 Å². The molecule has 2 saturated heterocycles. The summed E-state index contributed by atoms with van der Waals surface area (Å²) in [7, 11) is -0.831. The zero-order valence-corrected chi connectivity index (χ0v) is 23.7. The summed E-state index contributed by atoms with van der Waals surface area (Å²) in [5, 5.41) is 4.63. The van der Waals surface area contributed by atoms with Crippen LogP contribution in [0.25, 0.3) is 32.7 Å². The summed E-state index contributed by atoms with van der Waals surface area (Å²) < 4.78 is 25.7. The first-order chi connectivity index (χ1) is 17.8. The van der Waals surface area contributed by atoms with Crippen molar-refractivity contribution in [3.63, 3.8) is 0 Å². The van der Waals surface area contributed by atoms with Gasteiger partial charge in [0.1, 0.15) is 0 Å². The molecule has 0 N–H and O–H groups in total. The van der Waals surface area contributed by atoms with Gasteiger partial charge in [-0.25, -0.2) is 0 Å². The van der Waals surface area contributed by atoms with Gasteiger partial charge in [0.15, 0.2) is 0 Å². The Balaban J connectivity index is 1.48. The molecule has 6 heteroatoms. The number of hydrogen-bond donors (Lipinski definition) is 0. The molecule has 0 saturated carbocycles. The molecule has 4 aromatic carbocycles. The van der Waals surface area contributed by atoms with Crippen molar-refractivity contribution >= 4 is 46.7 Å². The Kier molecular flexibility index (Phi) is 5.69. The minimum Gasteiger partial charge on any atom is -0.399 e. The van der Waals surface area contributed by atoms with Crippen molar-refractivity contribution in [1.29, 1.82) is 0 Å². The van der Waals surface area contributed by atoms with Crippen LogP contribution in [0.4, 0.5) is 0 Å². The summed E-state index contributed by atoms with van der Waals surface area (Å²) in [5.74, 6) is 0. The first-order valence-electron chi connectivity index (χ1n) is 13.6. The average molecular weight is 506 g/mol. The third-order valence-corrected chi connectivity index (χ3v) is 9.22. The highest BCUT2D eigenvalue weighted by molar-refractivity contribution is 6.66. The van der Waals surface area contributed by atoms with Crippen LogP contribution in [0.3, 0.4) is 0 Å². The highest BCUT2D eigenvalue weighted by atomic mass is 16.7. The normalized spacial score (nSPS) is 21.5. The first-order valence-corrected chi connectivity index (χ1v) is 13.6. The Morgan fingerprint density at radius 1 is 0.395 bits per heavy atom. The van der Waals surface area contributed by atoms with Gasteiger partial charge >= 0.3 is 14.2 Å². The van der Waals surface area contributed by atoms with E-state index in [1.165, 1.54) is 21.9 Å². The SMILES string of the molecule is CC1(C)OB(c2cccc3c(-c4ccc(B5OC(C)(C)C(C)(C)O5)c5ccccc45)cccc23)OC1(C)C. The molecule has 0 radical (unpaired) electrons. The second-order valence-electron chi connectivity index (χ2n) is 12.7. The molecule has 0 atom stereocenters. The van der Waals surface area contributed by atoms with Crippen molar-refractivity contribution in [2.45, 2.75) is 77.8 Å². The fourth-order valence-electron chi connectivity index (χ4n) is 5.48. The van der Waals surface area contributed by atoms with E-state index < -0.39 is 36.6 Å². The molecule has 0 amide bonds. The van der Waals surface area contributed by atoms with Crippen molar-refractivity contribution in [1.82, 2.24) is 0 Å². The molecule has 4 nitrogen and oxygen atoms in total. The van der Waals surface area contributed by atoms with Gasteiger partial charge in [-0.2, -0.15) is 0 Å². The Morgan fingerprint density at radius 3 is 1.29 bits per heavy atom. The summed E-state index contributed by atoms with van der Waals surface area (Å²) in [6.07, 6.45) is 0. The van der Waals surface area contributed by atoms with Gasteiger partial charge in [-0.15, -0.1) is 0 Å². The zero-order chi connectivity index (χ0) is 27.1. The summed E-state index contributed by atoms with van der Waals surface area (Å²) in [6, 6.07) is 25.8. The molecule has 0 spiro atoms. The van der Waals surface area contributed by atoms with Crippen LogP contribution < -0.4 is 10.9 Å². The van der Waals surface area contributed by atoms with Crippen molar-refractivity contribution < 1.29 is 18.6 Å². The lowest BCUT2D eigenvalue weighted by molar-refractivity contribution is 0.00578. The molecule has 38 heavy (non-hydrogen) atoms. The first kappa shape index (κ1) is 25.6. The van der Waals surface area contributed by atoms with Gasteiger partial charge in [-0.3, -0.25) is 0 Å². The fourth-order valence-corrected chi connectivity index (χ4v) is 5.48. The van der Waals surface area contributed by atoms with Crippen LogP contribution in [0.1, 0.15) is 55.4 Å². The maximum Gasteiger partial charge on any atom is 0.495 e. The maximum absolute atomic E-state index is 6.43. The van der Waals surface area contributed by atoms with E-state index in [0.717, 1.165) is 21.7 Å². The molecule has 0 bridgehead atoms. The third kappa shape index (κ3) is 3.84. The number of hydrogen-bond acceptors (Lipinski definition) is 4. The smallest absolute Gasteiger partial charge is 0.399 e. The Hall–Kier alpha value is -2.63. The van der Waals surface area contributed by atoms with E-state index in [-0.39, 0.29) is 0 Å². The minimum atomic E-state index is -0.415. The quantitative estimate of drug-likeness (QED) is 0.308. The molecule has 2 fully saturated rings. The third-order valence-electron chi connectivity index (χ3n) is 9.22. The maximum atomic E-state index is 6.43. The minimum absolute atomic E-state index is 0.392. The Labute approximate surface area is 226 Å². The van der Waals surface area contributed by atoms with E-state index in [9.17, 15) is 0 Å². The van der Waals surface area contributed by atoms with Crippen LogP contribution in [-0.4, -0.2) is 36.6 Å². The number of rotatable bonds is 3. The van der Waals surface area contributed by atoms with Crippen molar-refractivity contribution in [3.8, 4) is 11.1 Å². The number of fused-ring (bicyclic) bond motifs is 2. The van der Waals surface area contributed by atoms with Crippen LogP contribution in [-0.2, 0) is 18.6 Å². The van der Waals surface area contributed by atoms with E-state index in [0.29, 0.717) is 0 Å². The fraction of sp³-hybridized carbons (Fsp3) is 0.375.